The van der Waals surface area contributed by atoms with Crippen LogP contribution in [-0.2, 0) is 6.54 Å². The first-order valence-corrected chi connectivity index (χ1v) is 7.31. The highest BCUT2D eigenvalue weighted by Crippen LogP contribution is 2.37. The molecule has 5 nitrogen and oxygen atoms in total. The summed E-state index contributed by atoms with van der Waals surface area (Å²) in [6, 6.07) is 3.88. The summed E-state index contributed by atoms with van der Waals surface area (Å²) in [5.41, 5.74) is 1.05. The average molecular weight is 424 g/mol. The van der Waals surface area contributed by atoms with Crippen molar-refractivity contribution in [2.45, 2.75) is 19.4 Å². The number of aliphatic imine (C=N–C) groups is 1. The number of halogens is 2. The standard InChI is InChI=1S/C14H18ClN3O2.HI/c15-11-7-10(9-18-14-16-3-1-4-17-14)8-12-13(11)20-6-2-5-19-12;/h7-8H,1-6,9H2,(H2,16,17,18);1H. The van der Waals surface area contributed by atoms with Crippen molar-refractivity contribution in [2.75, 3.05) is 26.3 Å². The van der Waals surface area contributed by atoms with Gasteiger partial charge in [-0.15, -0.1) is 24.0 Å². The molecule has 0 saturated carbocycles. The molecule has 0 spiro atoms. The molecule has 0 atom stereocenters. The van der Waals surface area contributed by atoms with Crippen LogP contribution in [0.5, 0.6) is 11.5 Å². The van der Waals surface area contributed by atoms with Crippen LogP contribution in [0.15, 0.2) is 17.1 Å². The number of nitrogens with one attached hydrogen (secondary N) is 2. The van der Waals surface area contributed by atoms with Crippen molar-refractivity contribution in [3.05, 3.63) is 22.7 Å². The molecule has 1 aromatic carbocycles. The summed E-state index contributed by atoms with van der Waals surface area (Å²) in [5, 5.41) is 7.09. The van der Waals surface area contributed by atoms with Gasteiger partial charge < -0.3 is 20.1 Å². The minimum Gasteiger partial charge on any atom is -0.489 e. The summed E-state index contributed by atoms with van der Waals surface area (Å²) in [5.74, 6) is 2.23. The highest BCUT2D eigenvalue weighted by Gasteiger charge is 2.15. The fourth-order valence-electron chi connectivity index (χ4n) is 2.22. The van der Waals surface area contributed by atoms with Crippen molar-refractivity contribution in [2.24, 2.45) is 4.99 Å². The van der Waals surface area contributed by atoms with Crippen LogP contribution in [0, 0.1) is 0 Å². The molecule has 0 aromatic heterocycles. The van der Waals surface area contributed by atoms with Gasteiger partial charge in [-0.3, -0.25) is 4.99 Å². The normalized spacial score (nSPS) is 16.9. The van der Waals surface area contributed by atoms with Crippen LogP contribution in [-0.4, -0.2) is 32.3 Å². The highest BCUT2D eigenvalue weighted by molar-refractivity contribution is 14.0. The molecule has 116 valence electrons. The molecule has 0 fully saturated rings. The Labute approximate surface area is 146 Å². The number of benzene rings is 1. The summed E-state index contributed by atoms with van der Waals surface area (Å²) in [6.07, 6.45) is 1.96. The van der Waals surface area contributed by atoms with Crippen LogP contribution in [0.25, 0.3) is 0 Å². The molecule has 3 rings (SSSR count). The van der Waals surface area contributed by atoms with Crippen molar-refractivity contribution >= 4 is 41.5 Å². The molecule has 0 bridgehead atoms. The molecule has 1 aromatic rings. The SMILES string of the molecule is Clc1cc(CNC2=NCCCN2)cc2c1OCCCO2.I. The first-order chi connectivity index (χ1) is 9.83. The third kappa shape index (κ3) is 4.29. The van der Waals surface area contributed by atoms with Gasteiger partial charge in [0, 0.05) is 26.1 Å². The number of rotatable bonds is 2. The van der Waals surface area contributed by atoms with Gasteiger partial charge in [-0.25, -0.2) is 0 Å². The number of hydrogen-bond acceptors (Lipinski definition) is 5. The Bertz CT molecular complexity index is 525. The lowest BCUT2D eigenvalue weighted by molar-refractivity contribution is 0.297. The van der Waals surface area contributed by atoms with Gasteiger partial charge in [-0.1, -0.05) is 11.6 Å². The Morgan fingerprint density at radius 2 is 2.10 bits per heavy atom. The second-order valence-corrected chi connectivity index (χ2v) is 5.23. The molecular formula is C14H19ClIN3O2. The maximum absolute atomic E-state index is 6.26. The summed E-state index contributed by atoms with van der Waals surface area (Å²) in [7, 11) is 0. The first-order valence-electron chi connectivity index (χ1n) is 6.93. The summed E-state index contributed by atoms with van der Waals surface area (Å²) >= 11 is 6.26. The van der Waals surface area contributed by atoms with E-state index in [2.05, 4.69) is 15.6 Å². The zero-order valence-corrected chi connectivity index (χ0v) is 14.7. The molecule has 0 amide bonds. The predicted octanol–water partition coefficient (Wildman–Crippen LogP) is 2.56. The molecule has 2 N–H and O–H groups in total. The molecule has 2 heterocycles. The molecule has 0 radical (unpaired) electrons. The van der Waals surface area contributed by atoms with E-state index in [0.717, 1.165) is 43.2 Å². The zero-order chi connectivity index (χ0) is 13.8. The minimum atomic E-state index is 0. The molecule has 0 saturated heterocycles. The average Bonchev–Trinajstić information content (AvgIpc) is 2.72. The van der Waals surface area contributed by atoms with Crippen LogP contribution in [0.1, 0.15) is 18.4 Å². The van der Waals surface area contributed by atoms with Crippen LogP contribution in [0.4, 0.5) is 0 Å². The van der Waals surface area contributed by atoms with Crippen LogP contribution < -0.4 is 20.1 Å². The number of guanidine groups is 1. The van der Waals surface area contributed by atoms with Crippen LogP contribution in [0.3, 0.4) is 0 Å². The summed E-state index contributed by atoms with van der Waals surface area (Å²) < 4.78 is 11.3. The second-order valence-electron chi connectivity index (χ2n) is 4.82. The molecule has 0 aliphatic carbocycles. The van der Waals surface area contributed by atoms with E-state index >= 15 is 0 Å². The van der Waals surface area contributed by atoms with Gasteiger partial charge >= 0.3 is 0 Å². The molecule has 21 heavy (non-hydrogen) atoms. The fourth-order valence-corrected chi connectivity index (χ4v) is 2.51. The quantitative estimate of drug-likeness (QED) is 0.718. The minimum absolute atomic E-state index is 0. The lowest BCUT2D eigenvalue weighted by Crippen LogP contribution is -2.40. The van der Waals surface area contributed by atoms with E-state index < -0.39 is 0 Å². The molecular weight excluding hydrogens is 405 g/mol. The Kier molecular flexibility index (Phi) is 6.22. The van der Waals surface area contributed by atoms with Gasteiger partial charge in [0.2, 0.25) is 0 Å². The Morgan fingerprint density at radius 1 is 1.24 bits per heavy atom. The van der Waals surface area contributed by atoms with Gasteiger partial charge in [-0.05, 0) is 24.1 Å². The molecule has 7 heteroatoms. The maximum Gasteiger partial charge on any atom is 0.191 e. The smallest absolute Gasteiger partial charge is 0.191 e. The largest absolute Gasteiger partial charge is 0.489 e. The van der Waals surface area contributed by atoms with E-state index in [1.165, 1.54) is 0 Å². The van der Waals surface area contributed by atoms with E-state index in [1.807, 2.05) is 12.1 Å². The van der Waals surface area contributed by atoms with E-state index in [0.29, 0.717) is 30.5 Å². The number of ether oxygens (including phenoxy) is 2. The first kappa shape index (κ1) is 16.5. The summed E-state index contributed by atoms with van der Waals surface area (Å²) in [4.78, 5) is 4.37. The Hall–Kier alpha value is -0.890. The zero-order valence-electron chi connectivity index (χ0n) is 11.7. The van der Waals surface area contributed by atoms with E-state index in [9.17, 15) is 0 Å². The monoisotopic (exact) mass is 423 g/mol. The van der Waals surface area contributed by atoms with Gasteiger partial charge in [0.15, 0.2) is 17.5 Å². The lowest BCUT2D eigenvalue weighted by atomic mass is 10.2. The Morgan fingerprint density at radius 3 is 2.90 bits per heavy atom. The predicted molar refractivity (Wildman–Crippen MR) is 94.2 cm³/mol. The van der Waals surface area contributed by atoms with Crippen molar-refractivity contribution in [3.63, 3.8) is 0 Å². The third-order valence-electron chi connectivity index (χ3n) is 3.22. The van der Waals surface area contributed by atoms with Crippen molar-refractivity contribution in [1.82, 2.24) is 10.6 Å². The second kappa shape index (κ2) is 7.93. The molecule has 2 aliphatic rings. The van der Waals surface area contributed by atoms with E-state index in [-0.39, 0.29) is 24.0 Å². The number of hydrogen-bond donors (Lipinski definition) is 2. The Balaban J connectivity index is 0.00000161. The number of fused-ring (bicyclic) bond motifs is 1. The molecule has 0 unspecified atom stereocenters. The van der Waals surface area contributed by atoms with Crippen LogP contribution >= 0.6 is 35.6 Å². The molecule has 2 aliphatic heterocycles. The topological polar surface area (TPSA) is 54.9 Å². The summed E-state index contributed by atoms with van der Waals surface area (Å²) in [6.45, 7) is 3.80. The van der Waals surface area contributed by atoms with Crippen LogP contribution in [0.2, 0.25) is 5.02 Å². The fraction of sp³-hybridized carbons (Fsp3) is 0.500. The van der Waals surface area contributed by atoms with Gasteiger partial charge in [0.25, 0.3) is 0 Å². The van der Waals surface area contributed by atoms with Gasteiger partial charge in [0.1, 0.15) is 0 Å². The van der Waals surface area contributed by atoms with Crippen molar-refractivity contribution in [3.8, 4) is 11.5 Å². The van der Waals surface area contributed by atoms with E-state index in [4.69, 9.17) is 21.1 Å². The maximum atomic E-state index is 6.26. The lowest BCUT2D eigenvalue weighted by Gasteiger charge is -2.17. The number of nitrogens with zero attached hydrogens (tertiary/aromatic N) is 1. The third-order valence-corrected chi connectivity index (χ3v) is 3.50. The van der Waals surface area contributed by atoms with Crippen molar-refractivity contribution < 1.29 is 9.47 Å². The van der Waals surface area contributed by atoms with Gasteiger partial charge in [0.05, 0.1) is 18.2 Å². The van der Waals surface area contributed by atoms with Crippen molar-refractivity contribution in [1.29, 1.82) is 0 Å². The van der Waals surface area contributed by atoms with E-state index in [1.54, 1.807) is 0 Å². The highest BCUT2D eigenvalue weighted by atomic mass is 127. The van der Waals surface area contributed by atoms with Gasteiger partial charge in [-0.2, -0.15) is 0 Å².